The first-order valence-corrected chi connectivity index (χ1v) is 12.5. The third kappa shape index (κ3) is 4.51. The van der Waals surface area contributed by atoms with E-state index in [1.165, 1.54) is 51.1 Å². The molecule has 1 N–H and O–H groups in total. The summed E-state index contributed by atoms with van der Waals surface area (Å²) in [6, 6.07) is 9.26. The van der Waals surface area contributed by atoms with E-state index in [4.69, 9.17) is 0 Å². The molecule has 164 valence electrons. The van der Waals surface area contributed by atoms with Crippen molar-refractivity contribution in [3.05, 3.63) is 86.8 Å². The molecule has 1 saturated heterocycles. The van der Waals surface area contributed by atoms with Crippen molar-refractivity contribution in [3.63, 3.8) is 0 Å². The first kappa shape index (κ1) is 22.3. The van der Waals surface area contributed by atoms with Gasteiger partial charge in [-0.15, -0.1) is 11.8 Å². The Balaban J connectivity index is 1.41. The van der Waals surface area contributed by atoms with Crippen LogP contribution in [0.2, 0.25) is 0 Å². The first-order valence-electron chi connectivity index (χ1n) is 11.6. The Kier molecular flexibility index (Phi) is 6.14. The smallest absolute Gasteiger partial charge is 0.121 e. The number of fused-ring (bicyclic) bond motifs is 1. The average Bonchev–Trinajstić information content (AvgIpc) is 3.06. The Bertz CT molecular complexity index is 1030. The van der Waals surface area contributed by atoms with Gasteiger partial charge in [-0.2, -0.15) is 0 Å². The maximum atomic E-state index is 10.5. The van der Waals surface area contributed by atoms with Gasteiger partial charge in [0.15, 0.2) is 0 Å². The Morgan fingerprint density at radius 2 is 1.68 bits per heavy atom. The van der Waals surface area contributed by atoms with Crippen LogP contribution in [0, 0.1) is 26.2 Å². The molecule has 2 unspecified atom stereocenters. The second-order valence-corrected chi connectivity index (χ2v) is 11.6. The molecule has 2 heteroatoms. The molecule has 1 aliphatic heterocycles. The second-order valence-electron chi connectivity index (χ2n) is 10.2. The van der Waals surface area contributed by atoms with Crippen LogP contribution in [0.15, 0.2) is 47.9 Å². The van der Waals surface area contributed by atoms with Crippen LogP contribution in [-0.2, 0) is 25.7 Å². The second kappa shape index (κ2) is 8.54. The van der Waals surface area contributed by atoms with E-state index in [1.807, 2.05) is 11.8 Å². The Labute approximate surface area is 192 Å². The molecule has 0 saturated carbocycles. The molecular weight excluding hydrogens is 396 g/mol. The fraction of sp³-hybridized carbons (Fsp3) is 0.448. The van der Waals surface area contributed by atoms with Gasteiger partial charge in [0.2, 0.25) is 0 Å². The number of hydrogen-bond donors (Lipinski definition) is 1. The standard InChI is InChI=1S/C29H36OS/c1-18-15-19(2)31-27(18)16-24-9-7-23(8-10-24)11-13-29(6)14-12-25-22(5)28(30)21(4)20(3)26(25)17-29/h7-10,27,30H,1-2,11-17H2,3-6H3. The number of thioether (sulfide) groups is 1. The minimum Gasteiger partial charge on any atom is -0.507 e. The average molecular weight is 433 g/mol. The van der Waals surface area contributed by atoms with E-state index in [0.717, 1.165) is 43.2 Å². The third-order valence-corrected chi connectivity index (χ3v) is 9.04. The number of phenols is 1. The highest BCUT2D eigenvalue weighted by Crippen LogP contribution is 2.44. The van der Waals surface area contributed by atoms with Crippen LogP contribution in [0.5, 0.6) is 5.75 Å². The molecule has 0 radical (unpaired) electrons. The molecule has 2 aromatic rings. The van der Waals surface area contributed by atoms with Gasteiger partial charge in [0.1, 0.15) is 5.75 Å². The summed E-state index contributed by atoms with van der Waals surface area (Å²) in [6.45, 7) is 17.1. The number of rotatable bonds is 5. The number of aryl methyl sites for hydroxylation is 1. The summed E-state index contributed by atoms with van der Waals surface area (Å²) in [5.41, 5.74) is 10.8. The number of benzene rings is 2. The summed E-state index contributed by atoms with van der Waals surface area (Å²) in [5, 5.41) is 10.9. The van der Waals surface area contributed by atoms with Gasteiger partial charge in [0.25, 0.3) is 0 Å². The van der Waals surface area contributed by atoms with Gasteiger partial charge < -0.3 is 5.11 Å². The molecule has 0 amide bonds. The van der Waals surface area contributed by atoms with Gasteiger partial charge >= 0.3 is 0 Å². The highest BCUT2D eigenvalue weighted by Gasteiger charge is 2.32. The van der Waals surface area contributed by atoms with Gasteiger partial charge in [-0.3, -0.25) is 0 Å². The summed E-state index contributed by atoms with van der Waals surface area (Å²) < 4.78 is 0. The molecule has 1 fully saturated rings. The van der Waals surface area contributed by atoms with E-state index in [2.05, 4.69) is 65.1 Å². The highest BCUT2D eigenvalue weighted by atomic mass is 32.2. The summed E-state index contributed by atoms with van der Waals surface area (Å²) >= 11 is 1.89. The largest absolute Gasteiger partial charge is 0.507 e. The summed E-state index contributed by atoms with van der Waals surface area (Å²) in [5.74, 6) is 0.504. The molecule has 0 aromatic heterocycles. The van der Waals surface area contributed by atoms with Crippen molar-refractivity contribution < 1.29 is 5.11 Å². The topological polar surface area (TPSA) is 20.2 Å². The molecule has 1 heterocycles. The molecule has 2 atom stereocenters. The van der Waals surface area contributed by atoms with Crippen LogP contribution in [0.4, 0.5) is 0 Å². The van der Waals surface area contributed by atoms with Gasteiger partial charge in [0, 0.05) is 5.25 Å². The van der Waals surface area contributed by atoms with Crippen LogP contribution in [0.25, 0.3) is 0 Å². The zero-order chi connectivity index (χ0) is 22.3. The lowest BCUT2D eigenvalue weighted by Crippen LogP contribution is -2.28. The maximum Gasteiger partial charge on any atom is 0.121 e. The lowest BCUT2D eigenvalue weighted by molar-refractivity contribution is 0.254. The molecule has 4 rings (SSSR count). The quantitative estimate of drug-likeness (QED) is 0.492. The van der Waals surface area contributed by atoms with E-state index < -0.39 is 0 Å². The van der Waals surface area contributed by atoms with Crippen LogP contribution < -0.4 is 0 Å². The Morgan fingerprint density at radius 3 is 2.32 bits per heavy atom. The maximum absolute atomic E-state index is 10.5. The summed E-state index contributed by atoms with van der Waals surface area (Å²) in [7, 11) is 0. The third-order valence-electron chi connectivity index (χ3n) is 7.77. The van der Waals surface area contributed by atoms with Gasteiger partial charge in [-0.1, -0.05) is 49.9 Å². The SMILES string of the molecule is C=C1CC(=C)C(Cc2ccc(CCC3(C)CCc4c(C)c(O)c(C)c(C)c4C3)cc2)S1. The van der Waals surface area contributed by atoms with Gasteiger partial charge in [-0.25, -0.2) is 0 Å². The Hall–Kier alpha value is -1.93. The number of hydrogen-bond acceptors (Lipinski definition) is 2. The normalized spacial score (nSPS) is 23.3. The zero-order valence-electron chi connectivity index (χ0n) is 19.6. The Morgan fingerprint density at radius 1 is 1.00 bits per heavy atom. The number of aromatic hydroxyl groups is 1. The summed E-state index contributed by atoms with van der Waals surface area (Å²) in [6.07, 6.45) is 7.78. The van der Waals surface area contributed by atoms with E-state index in [0.29, 0.717) is 16.4 Å². The monoisotopic (exact) mass is 432 g/mol. The molecule has 1 aliphatic carbocycles. The van der Waals surface area contributed by atoms with Crippen molar-refractivity contribution in [3.8, 4) is 5.75 Å². The fourth-order valence-corrected chi connectivity index (χ4v) is 6.59. The number of allylic oxidation sites excluding steroid dienone is 1. The lowest BCUT2D eigenvalue weighted by Gasteiger charge is -2.37. The van der Waals surface area contributed by atoms with Crippen molar-refractivity contribution in [2.45, 2.75) is 77.9 Å². The van der Waals surface area contributed by atoms with Gasteiger partial charge in [-0.05, 0) is 115 Å². The molecule has 2 aliphatic rings. The molecule has 0 bridgehead atoms. The molecular formula is C29H36OS. The fourth-order valence-electron chi connectivity index (χ4n) is 5.40. The van der Waals surface area contributed by atoms with Crippen molar-refractivity contribution in [1.82, 2.24) is 0 Å². The molecule has 31 heavy (non-hydrogen) atoms. The molecule has 1 nitrogen and oxygen atoms in total. The first-order chi connectivity index (χ1) is 14.7. The minimum atomic E-state index is 0.324. The predicted octanol–water partition coefficient (Wildman–Crippen LogP) is 7.56. The van der Waals surface area contributed by atoms with Crippen molar-refractivity contribution in [1.29, 1.82) is 0 Å². The van der Waals surface area contributed by atoms with Crippen LogP contribution >= 0.6 is 11.8 Å². The zero-order valence-corrected chi connectivity index (χ0v) is 20.4. The molecule has 0 spiro atoms. The van der Waals surface area contributed by atoms with Crippen molar-refractivity contribution in [2.24, 2.45) is 5.41 Å². The molecule has 2 aromatic carbocycles. The van der Waals surface area contributed by atoms with E-state index in [-0.39, 0.29) is 0 Å². The van der Waals surface area contributed by atoms with Crippen LogP contribution in [0.1, 0.15) is 65.1 Å². The predicted molar refractivity (Wildman–Crippen MR) is 135 cm³/mol. The summed E-state index contributed by atoms with van der Waals surface area (Å²) in [4.78, 5) is 1.25. The van der Waals surface area contributed by atoms with E-state index >= 15 is 0 Å². The minimum absolute atomic E-state index is 0.324. The number of phenolic OH excluding ortho intramolecular Hbond substituents is 1. The van der Waals surface area contributed by atoms with Crippen molar-refractivity contribution >= 4 is 11.8 Å². The van der Waals surface area contributed by atoms with Crippen LogP contribution in [0.3, 0.4) is 0 Å². The highest BCUT2D eigenvalue weighted by molar-refractivity contribution is 8.04. The van der Waals surface area contributed by atoms with E-state index in [9.17, 15) is 5.11 Å². The lowest BCUT2D eigenvalue weighted by atomic mass is 9.68. The van der Waals surface area contributed by atoms with Crippen molar-refractivity contribution in [2.75, 3.05) is 0 Å². The van der Waals surface area contributed by atoms with E-state index in [1.54, 1.807) is 0 Å². The van der Waals surface area contributed by atoms with Crippen LogP contribution in [-0.4, -0.2) is 10.4 Å². The van der Waals surface area contributed by atoms with Gasteiger partial charge in [0.05, 0.1) is 0 Å².